The summed E-state index contributed by atoms with van der Waals surface area (Å²) in [6.07, 6.45) is 12.9. The molecule has 11 atom stereocenters. The summed E-state index contributed by atoms with van der Waals surface area (Å²) in [6.45, 7) is 3.06. The molecule has 8 aliphatic rings. The third-order valence-corrected chi connectivity index (χ3v) is 14.8. The van der Waals surface area contributed by atoms with Gasteiger partial charge in [-0.15, -0.1) is 0 Å². The van der Waals surface area contributed by atoms with Gasteiger partial charge in [0, 0.05) is 29.4 Å². The van der Waals surface area contributed by atoms with Crippen LogP contribution in [0.4, 0.5) is 4.39 Å². The third-order valence-electron chi connectivity index (χ3n) is 14.4. The van der Waals surface area contributed by atoms with Gasteiger partial charge in [0.1, 0.15) is 24.1 Å². The number of Topliss-reactive ketones (excluding diaryl/α,β-unsaturated/α-hetero) is 1. The van der Waals surface area contributed by atoms with E-state index in [0.29, 0.717) is 49.1 Å². The first kappa shape index (κ1) is 37.8. The van der Waals surface area contributed by atoms with Gasteiger partial charge in [0.15, 0.2) is 35.8 Å². The number of quaternary nitrogens is 1. The second-order valence-electron chi connectivity index (χ2n) is 17.4. The molecule has 0 bridgehead atoms. The first-order valence-electron chi connectivity index (χ1n) is 19.9. The Labute approximate surface area is 320 Å². The highest BCUT2D eigenvalue weighted by molar-refractivity contribution is 7.46. The summed E-state index contributed by atoms with van der Waals surface area (Å²) in [6, 6.07) is 4.72. The number of fused-ring (bicyclic) bond motifs is 4. The largest absolute Gasteiger partial charge is 0.524 e. The zero-order valence-electron chi connectivity index (χ0n) is 31.3. The van der Waals surface area contributed by atoms with Gasteiger partial charge in [-0.05, 0) is 93.0 Å². The Kier molecular flexibility index (Phi) is 9.20. The van der Waals surface area contributed by atoms with Crippen molar-refractivity contribution in [1.29, 1.82) is 0 Å². The van der Waals surface area contributed by atoms with E-state index in [1.54, 1.807) is 31.3 Å². The van der Waals surface area contributed by atoms with Crippen molar-refractivity contribution in [2.24, 2.45) is 23.2 Å². The number of rotatable bonds is 11. The number of alkyl halides is 1. The van der Waals surface area contributed by atoms with Crippen molar-refractivity contribution in [3.63, 3.8) is 0 Å². The van der Waals surface area contributed by atoms with E-state index in [1.807, 2.05) is 17.3 Å². The summed E-state index contributed by atoms with van der Waals surface area (Å²) in [7, 11) is -3.14. The summed E-state index contributed by atoms with van der Waals surface area (Å²) in [5, 5.41) is 13.5. The maximum atomic E-state index is 17.8. The molecule has 5 N–H and O–H groups in total. The molecule has 0 amide bonds. The highest BCUT2D eigenvalue weighted by Gasteiger charge is 2.84. The molecule has 55 heavy (non-hydrogen) atoms. The molecule has 3 aliphatic heterocycles. The van der Waals surface area contributed by atoms with Crippen LogP contribution in [0.3, 0.4) is 0 Å². The number of benzene rings is 1. The molecule has 9 rings (SSSR count). The van der Waals surface area contributed by atoms with Crippen LogP contribution < -0.4 is 14.7 Å². The Morgan fingerprint density at radius 1 is 1.16 bits per heavy atom. The van der Waals surface area contributed by atoms with Crippen LogP contribution in [0, 0.1) is 23.2 Å². The van der Waals surface area contributed by atoms with Crippen molar-refractivity contribution in [2.45, 2.75) is 113 Å². The van der Waals surface area contributed by atoms with Crippen LogP contribution in [0.25, 0.3) is 0 Å². The topological polar surface area (TPSA) is 169 Å². The molecule has 1 aromatic carbocycles. The lowest BCUT2D eigenvalue weighted by atomic mass is 9.44. The molecular formula is C40H52FN3O10P+. The lowest BCUT2D eigenvalue weighted by molar-refractivity contribution is -0.863. The third kappa shape index (κ3) is 5.73. The van der Waals surface area contributed by atoms with E-state index in [4.69, 9.17) is 18.7 Å². The monoisotopic (exact) mass is 784 g/mol. The van der Waals surface area contributed by atoms with E-state index < -0.39 is 60.6 Å². The molecular weight excluding hydrogens is 732 g/mol. The van der Waals surface area contributed by atoms with Crippen LogP contribution in [0.2, 0.25) is 0 Å². The minimum Gasteiger partial charge on any atom is -0.404 e. The first-order valence-corrected chi connectivity index (χ1v) is 21.4. The van der Waals surface area contributed by atoms with Gasteiger partial charge < -0.3 is 34.1 Å². The van der Waals surface area contributed by atoms with Crippen LogP contribution in [0.1, 0.15) is 81.9 Å². The Balaban J connectivity index is 0.976. The molecule has 1 aromatic rings. The highest BCUT2D eigenvalue weighted by Crippen LogP contribution is 2.75. The Morgan fingerprint density at radius 2 is 1.96 bits per heavy atom. The number of nitrogens with one attached hydrogen (secondary N) is 2. The molecule has 3 heterocycles. The number of aliphatic hydroxyl groups excluding tert-OH is 1. The predicted octanol–water partition coefficient (Wildman–Crippen LogP) is 2.92. The Morgan fingerprint density at radius 3 is 2.73 bits per heavy atom. The lowest BCUT2D eigenvalue weighted by Crippen LogP contribution is -3.05. The van der Waals surface area contributed by atoms with Crippen molar-refractivity contribution in [3.05, 3.63) is 65.5 Å². The average Bonchev–Trinajstić information content (AvgIpc) is 3.82. The molecule has 2 saturated heterocycles. The first-order chi connectivity index (χ1) is 26.2. The maximum absolute atomic E-state index is 17.8. The number of hydrogen-bond donors (Lipinski definition) is 5. The zero-order valence-corrected chi connectivity index (χ0v) is 32.2. The minimum absolute atomic E-state index is 0.0166. The molecule has 298 valence electrons. The molecule has 0 aromatic heterocycles. The number of likely N-dealkylation sites (N-methyl/N-ethyl adjacent to an activating group) is 1. The summed E-state index contributed by atoms with van der Waals surface area (Å²) in [4.78, 5) is 49.4. The van der Waals surface area contributed by atoms with Gasteiger partial charge in [-0.1, -0.05) is 32.3 Å². The number of allylic oxidation sites excluding steroid dienone is 2. The number of ether oxygens (including phenoxy) is 3. The standard InChI is InChI=1S/C40H51FN3O10P/c1-37-19-35-39(41)29(10-9-27-17-28(45)12-13-38(27,39)52-35)30(37)18-34-40(37,53-36(51-34)24-6-4-3-5-7-24)33(47)22-44-15-14-43(23-44)21-26-16-25(31(46)20-42-2)8-11-32(26)54-55(48,49)50/h8,11-17,24,29-31,34-36,42,46H,3-7,9-10,18-23H2,1-2H3,(H2,48,49,50)/p+1/t29-,30-,31?,34+,35-,36+,37-,38+,39-,40+/m0/s1. The number of nitrogens with zero attached hydrogens (tertiary/aromatic N) is 1. The molecule has 6 fully saturated rings. The molecule has 1 spiro atoms. The Hall–Kier alpha value is -2.78. The number of phosphoric acid groups is 1. The number of phosphoric ester groups is 1. The van der Waals surface area contributed by atoms with Crippen LogP contribution >= 0.6 is 7.82 Å². The van der Waals surface area contributed by atoms with Gasteiger partial charge in [-0.25, -0.2) is 8.96 Å². The van der Waals surface area contributed by atoms with Crippen molar-refractivity contribution < 1.29 is 57.1 Å². The number of halogens is 1. The molecule has 5 aliphatic carbocycles. The van der Waals surface area contributed by atoms with E-state index >= 15 is 9.18 Å². The molecule has 0 radical (unpaired) electrons. The van der Waals surface area contributed by atoms with E-state index in [9.17, 15) is 24.3 Å². The molecule has 4 saturated carbocycles. The summed E-state index contributed by atoms with van der Waals surface area (Å²) < 4.78 is 55.1. The number of carbonyl (C=O) groups excluding carboxylic acids is 2. The van der Waals surface area contributed by atoms with Gasteiger partial charge in [-0.3, -0.25) is 24.3 Å². The second kappa shape index (κ2) is 13.4. The van der Waals surface area contributed by atoms with Crippen molar-refractivity contribution in [1.82, 2.24) is 10.2 Å². The van der Waals surface area contributed by atoms with Gasteiger partial charge in [0.05, 0.1) is 31.1 Å². The van der Waals surface area contributed by atoms with Crippen LogP contribution in [-0.2, 0) is 34.9 Å². The van der Waals surface area contributed by atoms with E-state index in [1.165, 1.54) is 18.6 Å². The number of ketones is 2. The molecule has 13 nitrogen and oxygen atoms in total. The van der Waals surface area contributed by atoms with Gasteiger partial charge in [-0.2, -0.15) is 0 Å². The van der Waals surface area contributed by atoms with E-state index in [2.05, 4.69) is 12.2 Å². The molecule has 2 unspecified atom stereocenters. The number of carbonyl (C=O) groups is 2. The van der Waals surface area contributed by atoms with Crippen LogP contribution in [0.15, 0.2) is 54.4 Å². The smallest absolute Gasteiger partial charge is 0.404 e. The van der Waals surface area contributed by atoms with Crippen molar-refractivity contribution in [3.8, 4) is 5.75 Å². The fraction of sp³-hybridized carbons (Fsp3) is 0.650. The van der Waals surface area contributed by atoms with Crippen LogP contribution in [-0.4, -0.2) is 93.5 Å². The molecule has 15 heteroatoms. The van der Waals surface area contributed by atoms with Crippen molar-refractivity contribution >= 4 is 19.4 Å². The quantitative estimate of drug-likeness (QED) is 0.209. The minimum atomic E-state index is -4.86. The SMILES string of the molecule is CNCC(O)c1ccc(OP(=O)(O)O)c(C[NH+]2C=CN(CC(=O)[C@@]34O[C@H](C5CCCCC5)O[C@@H]3C[C@H]3[C@@H]5CCC6=CC(=O)C=C[C@@]67O[C@@H](C[C@@]34C)[C@@]57F)C2)c1. The lowest BCUT2D eigenvalue weighted by Gasteiger charge is -2.71. The number of aliphatic hydroxyl groups is 1. The van der Waals surface area contributed by atoms with Gasteiger partial charge >= 0.3 is 7.82 Å². The zero-order chi connectivity index (χ0) is 38.5. The van der Waals surface area contributed by atoms with E-state index in [-0.39, 0.29) is 48.8 Å². The van der Waals surface area contributed by atoms with Crippen LogP contribution in [0.5, 0.6) is 5.75 Å². The van der Waals surface area contributed by atoms with Crippen molar-refractivity contribution in [2.75, 3.05) is 26.8 Å². The van der Waals surface area contributed by atoms with E-state index in [0.717, 1.165) is 30.6 Å². The fourth-order valence-corrected chi connectivity index (χ4v) is 12.4. The maximum Gasteiger partial charge on any atom is 0.524 e. The average molecular weight is 785 g/mol. The van der Waals surface area contributed by atoms with Gasteiger partial charge in [0.25, 0.3) is 0 Å². The Bertz CT molecular complexity index is 1900. The second-order valence-corrected chi connectivity index (χ2v) is 18.5. The predicted molar refractivity (Wildman–Crippen MR) is 195 cm³/mol. The summed E-state index contributed by atoms with van der Waals surface area (Å²) in [5.41, 5.74) is -3.21. The highest BCUT2D eigenvalue weighted by atomic mass is 31.2. The number of hydrogen-bond acceptors (Lipinski definition) is 10. The summed E-state index contributed by atoms with van der Waals surface area (Å²) >= 11 is 0. The normalized spacial score (nSPS) is 40.9. The van der Waals surface area contributed by atoms with Gasteiger partial charge in [0.2, 0.25) is 0 Å². The fourth-order valence-electron chi connectivity index (χ4n) is 12.0. The summed E-state index contributed by atoms with van der Waals surface area (Å²) in [5.74, 6) is -0.637.